The topological polar surface area (TPSA) is 94.1 Å². The van der Waals surface area contributed by atoms with E-state index in [4.69, 9.17) is 5.73 Å². The minimum atomic E-state index is -3.60. The van der Waals surface area contributed by atoms with Gasteiger partial charge in [0.15, 0.2) is 5.03 Å². The van der Waals surface area contributed by atoms with Crippen LogP contribution in [0.1, 0.15) is 11.6 Å². The Hall–Kier alpha value is -1.77. The van der Waals surface area contributed by atoms with Crippen molar-refractivity contribution in [2.24, 2.45) is 12.8 Å². The van der Waals surface area contributed by atoms with E-state index in [9.17, 15) is 8.42 Å². The number of pyridine rings is 1. The third-order valence-electron chi connectivity index (χ3n) is 3.68. The van der Waals surface area contributed by atoms with Gasteiger partial charge in [0.05, 0.1) is 6.33 Å². The Balaban J connectivity index is 1.86. The van der Waals surface area contributed by atoms with Crippen LogP contribution in [0.3, 0.4) is 0 Å². The van der Waals surface area contributed by atoms with Gasteiger partial charge in [-0.3, -0.25) is 4.98 Å². The van der Waals surface area contributed by atoms with E-state index in [1.807, 2.05) is 18.2 Å². The van der Waals surface area contributed by atoms with Gasteiger partial charge in [-0.05, 0) is 12.1 Å². The number of imidazole rings is 1. The van der Waals surface area contributed by atoms with E-state index in [0.29, 0.717) is 6.54 Å². The van der Waals surface area contributed by atoms with Gasteiger partial charge < -0.3 is 10.3 Å². The zero-order valence-corrected chi connectivity index (χ0v) is 12.4. The number of hydrogen-bond acceptors (Lipinski definition) is 5. The molecule has 1 fully saturated rings. The van der Waals surface area contributed by atoms with Crippen molar-refractivity contribution >= 4 is 10.0 Å². The molecule has 2 N–H and O–H groups in total. The second kappa shape index (κ2) is 5.21. The van der Waals surface area contributed by atoms with Gasteiger partial charge >= 0.3 is 0 Å². The van der Waals surface area contributed by atoms with E-state index in [1.54, 1.807) is 17.8 Å². The van der Waals surface area contributed by atoms with Crippen LogP contribution in [0, 0.1) is 0 Å². The molecule has 2 aromatic rings. The number of rotatable bonds is 3. The highest BCUT2D eigenvalue weighted by Crippen LogP contribution is 2.28. The first-order valence-corrected chi connectivity index (χ1v) is 8.07. The summed E-state index contributed by atoms with van der Waals surface area (Å²) in [7, 11) is -1.86. The van der Waals surface area contributed by atoms with Crippen molar-refractivity contribution in [2.45, 2.75) is 17.0 Å². The Bertz CT molecular complexity index is 728. The summed E-state index contributed by atoms with van der Waals surface area (Å²) in [6.07, 6.45) is 4.66. The molecule has 0 aromatic carbocycles. The largest absolute Gasteiger partial charge is 0.339 e. The van der Waals surface area contributed by atoms with Gasteiger partial charge in [0.2, 0.25) is 0 Å². The minimum absolute atomic E-state index is 0.0545. The van der Waals surface area contributed by atoms with Crippen molar-refractivity contribution in [3.63, 3.8) is 0 Å². The highest BCUT2D eigenvalue weighted by molar-refractivity contribution is 7.89. The molecule has 3 heterocycles. The van der Waals surface area contributed by atoms with Gasteiger partial charge in [0.1, 0.15) is 0 Å². The van der Waals surface area contributed by atoms with Gasteiger partial charge in [-0.25, -0.2) is 13.4 Å². The smallest absolute Gasteiger partial charge is 0.262 e. The molecule has 2 unspecified atom stereocenters. The first kappa shape index (κ1) is 14.2. The summed E-state index contributed by atoms with van der Waals surface area (Å²) in [6.45, 7) is 0.608. The van der Waals surface area contributed by atoms with Crippen LogP contribution in [-0.2, 0) is 17.1 Å². The lowest BCUT2D eigenvalue weighted by Crippen LogP contribution is -2.32. The SMILES string of the molecule is Cn1cnc(S(=O)(=O)N2CC(N)C(c3ccccn3)C2)c1. The Morgan fingerprint density at radius 2 is 2.10 bits per heavy atom. The number of aryl methyl sites for hydroxylation is 1. The highest BCUT2D eigenvalue weighted by atomic mass is 32.2. The molecule has 1 aliphatic heterocycles. The fraction of sp³-hybridized carbons (Fsp3) is 0.385. The van der Waals surface area contributed by atoms with Crippen molar-refractivity contribution in [2.75, 3.05) is 13.1 Å². The van der Waals surface area contributed by atoms with Gasteiger partial charge in [-0.2, -0.15) is 4.31 Å². The maximum Gasteiger partial charge on any atom is 0.262 e. The maximum atomic E-state index is 12.5. The molecule has 0 aliphatic carbocycles. The van der Waals surface area contributed by atoms with E-state index < -0.39 is 10.0 Å². The summed E-state index contributed by atoms with van der Waals surface area (Å²) < 4.78 is 28.1. The second-order valence-electron chi connectivity index (χ2n) is 5.22. The monoisotopic (exact) mass is 307 g/mol. The molecule has 0 amide bonds. The van der Waals surface area contributed by atoms with Crippen LogP contribution in [0.2, 0.25) is 0 Å². The quantitative estimate of drug-likeness (QED) is 0.856. The number of nitrogens with zero attached hydrogens (tertiary/aromatic N) is 4. The fourth-order valence-corrected chi connectivity index (χ4v) is 4.02. The Labute approximate surface area is 123 Å². The molecule has 2 atom stereocenters. The van der Waals surface area contributed by atoms with Crippen LogP contribution in [-0.4, -0.2) is 46.4 Å². The minimum Gasteiger partial charge on any atom is -0.339 e. The maximum absolute atomic E-state index is 12.5. The number of nitrogens with two attached hydrogens (primary N) is 1. The summed E-state index contributed by atoms with van der Waals surface area (Å²) >= 11 is 0. The molecule has 0 saturated carbocycles. The molecule has 8 heteroatoms. The van der Waals surface area contributed by atoms with Crippen LogP contribution in [0.15, 0.2) is 41.9 Å². The van der Waals surface area contributed by atoms with Crippen molar-refractivity contribution in [1.29, 1.82) is 0 Å². The fourth-order valence-electron chi connectivity index (χ4n) is 2.55. The molecule has 1 aliphatic rings. The van der Waals surface area contributed by atoms with Gasteiger partial charge in [0, 0.05) is 50.2 Å². The van der Waals surface area contributed by atoms with Crippen molar-refractivity contribution in [3.05, 3.63) is 42.6 Å². The van der Waals surface area contributed by atoms with E-state index in [-0.39, 0.29) is 23.5 Å². The van der Waals surface area contributed by atoms with Crippen molar-refractivity contribution in [1.82, 2.24) is 18.8 Å². The first-order chi connectivity index (χ1) is 9.98. The van der Waals surface area contributed by atoms with E-state index in [1.165, 1.54) is 16.8 Å². The highest BCUT2D eigenvalue weighted by Gasteiger charge is 2.39. The van der Waals surface area contributed by atoms with E-state index in [2.05, 4.69) is 9.97 Å². The zero-order valence-electron chi connectivity index (χ0n) is 11.6. The third kappa shape index (κ3) is 2.57. The summed E-state index contributed by atoms with van der Waals surface area (Å²) in [6, 6.07) is 5.32. The molecular formula is C13H17N5O2S. The molecule has 2 aromatic heterocycles. The summed E-state index contributed by atoms with van der Waals surface area (Å²) in [5.41, 5.74) is 6.93. The van der Waals surface area contributed by atoms with Crippen molar-refractivity contribution in [3.8, 4) is 0 Å². The summed E-state index contributed by atoms with van der Waals surface area (Å²) in [4.78, 5) is 8.22. The lowest BCUT2D eigenvalue weighted by Gasteiger charge is -2.14. The molecule has 112 valence electrons. The average molecular weight is 307 g/mol. The number of aromatic nitrogens is 3. The molecule has 1 saturated heterocycles. The van der Waals surface area contributed by atoms with Gasteiger partial charge in [-0.1, -0.05) is 6.07 Å². The lowest BCUT2D eigenvalue weighted by atomic mass is 10.0. The van der Waals surface area contributed by atoms with E-state index in [0.717, 1.165) is 5.69 Å². The molecule has 0 spiro atoms. The molecular weight excluding hydrogens is 290 g/mol. The van der Waals surface area contributed by atoms with Crippen LogP contribution in [0.25, 0.3) is 0 Å². The van der Waals surface area contributed by atoms with Crippen molar-refractivity contribution < 1.29 is 8.42 Å². The predicted molar refractivity (Wildman–Crippen MR) is 76.9 cm³/mol. The predicted octanol–water partition coefficient (Wildman–Crippen LogP) is -0.0695. The van der Waals surface area contributed by atoms with Gasteiger partial charge in [-0.15, -0.1) is 0 Å². The molecule has 7 nitrogen and oxygen atoms in total. The van der Waals surface area contributed by atoms with E-state index >= 15 is 0 Å². The number of hydrogen-bond donors (Lipinski definition) is 1. The van der Waals surface area contributed by atoms with Crippen LogP contribution >= 0.6 is 0 Å². The first-order valence-electron chi connectivity index (χ1n) is 6.63. The normalized spacial score (nSPS) is 23.5. The third-order valence-corrected chi connectivity index (χ3v) is 5.40. The summed E-state index contributed by atoms with van der Waals surface area (Å²) in [5, 5.41) is 0.0545. The molecule has 0 bridgehead atoms. The Morgan fingerprint density at radius 3 is 2.71 bits per heavy atom. The van der Waals surface area contributed by atoms with Gasteiger partial charge in [0.25, 0.3) is 10.0 Å². The van der Waals surface area contributed by atoms with Crippen LogP contribution < -0.4 is 5.73 Å². The number of sulfonamides is 1. The lowest BCUT2D eigenvalue weighted by molar-refractivity contribution is 0.467. The molecule has 3 rings (SSSR count). The zero-order chi connectivity index (χ0) is 15.0. The van der Waals surface area contributed by atoms with Crippen LogP contribution in [0.5, 0.6) is 0 Å². The molecule has 21 heavy (non-hydrogen) atoms. The standard InChI is InChI=1S/C13H17N5O2S/c1-17-8-13(16-9-17)21(19,20)18-6-10(11(14)7-18)12-4-2-3-5-15-12/h2-5,8-11H,6-7,14H2,1H3. The Morgan fingerprint density at radius 1 is 1.29 bits per heavy atom. The Kier molecular flexibility index (Phi) is 3.52. The molecule has 0 radical (unpaired) electrons. The van der Waals surface area contributed by atoms with Crippen LogP contribution in [0.4, 0.5) is 0 Å². The second-order valence-corrected chi connectivity index (χ2v) is 7.11. The average Bonchev–Trinajstić information content (AvgIpc) is 3.07. The summed E-state index contributed by atoms with van der Waals surface area (Å²) in [5.74, 6) is -0.0929.